The Balaban J connectivity index is 2.29. The number of nitrogens with one attached hydrogen (secondary N) is 1. The van der Waals surface area contributed by atoms with Crippen LogP contribution in [0.15, 0.2) is 30.5 Å². The van der Waals surface area contributed by atoms with Gasteiger partial charge in [-0.2, -0.15) is 13.2 Å². The quantitative estimate of drug-likeness (QED) is 0.884. The molecule has 19 heavy (non-hydrogen) atoms. The zero-order valence-corrected chi connectivity index (χ0v) is 10.7. The first-order valence-corrected chi connectivity index (χ1v) is 5.74. The molecule has 0 aliphatic heterocycles. The maximum Gasteiger partial charge on any atom is 0.433 e. The summed E-state index contributed by atoms with van der Waals surface area (Å²) in [6.45, 7) is 0. The van der Waals surface area contributed by atoms with Crippen molar-refractivity contribution in [3.63, 3.8) is 0 Å². The Kier molecular flexibility index (Phi) is 3.82. The minimum atomic E-state index is -4.52. The lowest BCUT2D eigenvalue weighted by Crippen LogP contribution is -2.10. The number of hydrogen-bond acceptors (Lipinski definition) is 3. The van der Waals surface area contributed by atoms with Crippen LogP contribution in [0, 0.1) is 0 Å². The number of benzene rings is 1. The minimum absolute atomic E-state index is 0.195. The molecule has 2 aromatic rings. The summed E-state index contributed by atoms with van der Waals surface area (Å²) in [6, 6.07) is 5.31. The number of hydrogen-bond donors (Lipinski definition) is 1. The van der Waals surface area contributed by atoms with E-state index in [4.69, 9.17) is 23.2 Å². The van der Waals surface area contributed by atoms with E-state index in [-0.39, 0.29) is 11.0 Å². The van der Waals surface area contributed by atoms with Crippen LogP contribution in [0.1, 0.15) is 5.69 Å². The minimum Gasteiger partial charge on any atom is -0.323 e. The first kappa shape index (κ1) is 13.9. The highest BCUT2D eigenvalue weighted by Crippen LogP contribution is 2.30. The molecule has 1 aromatic carbocycles. The van der Waals surface area contributed by atoms with Crippen molar-refractivity contribution in [2.45, 2.75) is 6.18 Å². The van der Waals surface area contributed by atoms with Crippen molar-refractivity contribution in [2.75, 3.05) is 5.32 Å². The predicted molar refractivity (Wildman–Crippen MR) is 66.8 cm³/mol. The molecule has 2 rings (SSSR count). The molecular formula is C11H6Cl2F3N3. The lowest BCUT2D eigenvalue weighted by atomic mass is 10.3. The van der Waals surface area contributed by atoms with E-state index in [0.717, 1.165) is 12.3 Å². The van der Waals surface area contributed by atoms with E-state index in [9.17, 15) is 13.2 Å². The van der Waals surface area contributed by atoms with Crippen LogP contribution in [0.4, 0.5) is 24.8 Å². The van der Waals surface area contributed by atoms with Crippen LogP contribution in [0.5, 0.6) is 0 Å². The highest BCUT2D eigenvalue weighted by Gasteiger charge is 2.32. The van der Waals surface area contributed by atoms with Crippen molar-refractivity contribution in [1.82, 2.24) is 9.97 Å². The SMILES string of the molecule is FC(F)(F)c1ccnc(Nc2ccc(Cl)cc2Cl)n1. The molecule has 0 fully saturated rings. The molecule has 3 nitrogen and oxygen atoms in total. The van der Waals surface area contributed by atoms with Gasteiger partial charge in [-0.15, -0.1) is 0 Å². The van der Waals surface area contributed by atoms with Gasteiger partial charge in [-0.25, -0.2) is 9.97 Å². The average Bonchev–Trinajstić information content (AvgIpc) is 2.32. The molecule has 0 radical (unpaired) electrons. The molecule has 0 unspecified atom stereocenters. The molecule has 0 aliphatic carbocycles. The monoisotopic (exact) mass is 307 g/mol. The maximum absolute atomic E-state index is 12.5. The largest absolute Gasteiger partial charge is 0.433 e. The van der Waals surface area contributed by atoms with E-state index in [1.165, 1.54) is 12.1 Å². The van der Waals surface area contributed by atoms with Gasteiger partial charge >= 0.3 is 6.18 Å². The van der Waals surface area contributed by atoms with Crippen molar-refractivity contribution in [1.29, 1.82) is 0 Å². The second-order valence-electron chi connectivity index (χ2n) is 3.51. The first-order valence-electron chi connectivity index (χ1n) is 4.98. The van der Waals surface area contributed by atoms with Crippen molar-refractivity contribution < 1.29 is 13.2 Å². The van der Waals surface area contributed by atoms with Crippen LogP contribution >= 0.6 is 23.2 Å². The van der Waals surface area contributed by atoms with Gasteiger partial charge in [0.15, 0.2) is 0 Å². The van der Waals surface area contributed by atoms with Crippen LogP contribution in [-0.4, -0.2) is 9.97 Å². The molecule has 1 aromatic heterocycles. The highest BCUT2D eigenvalue weighted by molar-refractivity contribution is 6.36. The second kappa shape index (κ2) is 5.22. The van der Waals surface area contributed by atoms with E-state index in [2.05, 4.69) is 15.3 Å². The standard InChI is InChI=1S/C11H6Cl2F3N3/c12-6-1-2-8(7(13)5-6)18-10-17-4-3-9(19-10)11(14,15)16/h1-5H,(H,17,18,19). The van der Waals surface area contributed by atoms with E-state index >= 15 is 0 Å². The van der Waals surface area contributed by atoms with Crippen LogP contribution < -0.4 is 5.32 Å². The molecule has 8 heteroatoms. The third kappa shape index (κ3) is 3.48. The van der Waals surface area contributed by atoms with Crippen LogP contribution in [0.3, 0.4) is 0 Å². The van der Waals surface area contributed by atoms with Gasteiger partial charge in [0, 0.05) is 11.2 Å². The van der Waals surface area contributed by atoms with Crippen molar-refractivity contribution in [2.24, 2.45) is 0 Å². The Morgan fingerprint density at radius 3 is 2.47 bits per heavy atom. The molecule has 100 valence electrons. The van der Waals surface area contributed by atoms with Gasteiger partial charge in [-0.05, 0) is 24.3 Å². The molecular weight excluding hydrogens is 302 g/mol. The number of halogens is 5. The van der Waals surface area contributed by atoms with Gasteiger partial charge in [0.2, 0.25) is 5.95 Å². The third-order valence-electron chi connectivity index (χ3n) is 2.12. The average molecular weight is 308 g/mol. The summed E-state index contributed by atoms with van der Waals surface area (Å²) in [5.41, 5.74) is -0.666. The van der Waals surface area contributed by atoms with Crippen molar-refractivity contribution >= 4 is 34.8 Å². The Bertz CT molecular complexity index is 602. The lowest BCUT2D eigenvalue weighted by Gasteiger charge is -2.09. The number of alkyl halides is 3. The zero-order valence-electron chi connectivity index (χ0n) is 9.17. The maximum atomic E-state index is 12.5. The Morgan fingerprint density at radius 1 is 1.11 bits per heavy atom. The van der Waals surface area contributed by atoms with Gasteiger partial charge in [0.25, 0.3) is 0 Å². The molecule has 0 saturated heterocycles. The van der Waals surface area contributed by atoms with E-state index in [0.29, 0.717) is 10.7 Å². The van der Waals surface area contributed by atoms with Gasteiger partial charge < -0.3 is 5.32 Å². The highest BCUT2D eigenvalue weighted by atomic mass is 35.5. The summed E-state index contributed by atoms with van der Waals surface area (Å²) in [4.78, 5) is 7.06. The normalized spacial score (nSPS) is 11.4. The lowest BCUT2D eigenvalue weighted by molar-refractivity contribution is -0.141. The summed E-state index contributed by atoms with van der Waals surface area (Å²) < 4.78 is 37.4. The van der Waals surface area contributed by atoms with Gasteiger partial charge in [-0.3, -0.25) is 0 Å². The fourth-order valence-corrected chi connectivity index (χ4v) is 1.74. The summed E-state index contributed by atoms with van der Waals surface area (Å²) in [7, 11) is 0. The zero-order chi connectivity index (χ0) is 14.0. The van der Waals surface area contributed by atoms with Crippen LogP contribution in [0.2, 0.25) is 10.0 Å². The van der Waals surface area contributed by atoms with Crippen LogP contribution in [0.25, 0.3) is 0 Å². The first-order chi connectivity index (χ1) is 8.86. The summed E-state index contributed by atoms with van der Waals surface area (Å²) in [6.07, 6.45) is -3.51. The Hall–Kier alpha value is -1.53. The fraction of sp³-hybridized carbons (Fsp3) is 0.0909. The predicted octanol–water partition coefficient (Wildman–Crippen LogP) is 4.55. The van der Waals surface area contributed by atoms with E-state index in [1.807, 2.05) is 0 Å². The molecule has 1 N–H and O–H groups in total. The fourth-order valence-electron chi connectivity index (χ4n) is 1.29. The van der Waals surface area contributed by atoms with Gasteiger partial charge in [-0.1, -0.05) is 23.2 Å². The van der Waals surface area contributed by atoms with Crippen LogP contribution in [-0.2, 0) is 6.18 Å². The molecule has 0 saturated carbocycles. The smallest absolute Gasteiger partial charge is 0.323 e. The van der Waals surface area contributed by atoms with Gasteiger partial charge in [0.1, 0.15) is 5.69 Å². The Labute approximate surface area is 116 Å². The topological polar surface area (TPSA) is 37.8 Å². The van der Waals surface area contributed by atoms with Gasteiger partial charge in [0.05, 0.1) is 10.7 Å². The number of rotatable bonds is 2. The summed E-state index contributed by atoms with van der Waals surface area (Å²) in [5.74, 6) is -0.195. The summed E-state index contributed by atoms with van der Waals surface area (Å²) >= 11 is 11.6. The Morgan fingerprint density at radius 2 is 1.84 bits per heavy atom. The van der Waals surface area contributed by atoms with Crippen molar-refractivity contribution in [3.05, 3.63) is 46.2 Å². The van der Waals surface area contributed by atoms with E-state index < -0.39 is 11.9 Å². The third-order valence-corrected chi connectivity index (χ3v) is 2.67. The number of nitrogens with zero attached hydrogens (tertiary/aromatic N) is 2. The molecule has 1 heterocycles. The molecule has 0 spiro atoms. The summed E-state index contributed by atoms with van der Waals surface area (Å²) in [5, 5.41) is 3.27. The molecule has 0 atom stereocenters. The van der Waals surface area contributed by atoms with Crippen molar-refractivity contribution in [3.8, 4) is 0 Å². The number of anilines is 2. The molecule has 0 bridgehead atoms. The number of aromatic nitrogens is 2. The second-order valence-corrected chi connectivity index (χ2v) is 4.36. The molecule has 0 amide bonds. The molecule has 0 aliphatic rings. The van der Waals surface area contributed by atoms with E-state index in [1.54, 1.807) is 6.07 Å².